The molecular formula is C53H65N3O14. The number of non-ortho nitro benzene ring substituents is 1. The number of oxime groups is 1. The van der Waals surface area contributed by atoms with Gasteiger partial charge in [-0.15, -0.1) is 6.58 Å². The van der Waals surface area contributed by atoms with Crippen LogP contribution in [-0.2, 0) is 23.8 Å². The zero-order chi connectivity index (χ0) is 49.5. The Labute approximate surface area is 408 Å². The number of ether oxygens (including phenoxy) is 6. The Kier molecular flexibility index (Phi) is 18.7. The Hall–Kier alpha value is -5.95. The first-order valence-corrected chi connectivity index (χ1v) is 24.3. The van der Waals surface area contributed by atoms with Crippen molar-refractivity contribution in [2.75, 3.05) is 59.9 Å². The van der Waals surface area contributed by atoms with Gasteiger partial charge in [-0.2, -0.15) is 0 Å². The molecule has 376 valence electrons. The number of aldehydes is 1. The molecule has 7 rings (SSSR count). The normalized spacial score (nSPS) is 24.2. The van der Waals surface area contributed by atoms with Crippen LogP contribution in [0.25, 0.3) is 6.08 Å². The van der Waals surface area contributed by atoms with Crippen LogP contribution in [-0.4, -0.2) is 121 Å². The second-order valence-electron chi connectivity index (χ2n) is 17.8. The molecule has 0 radical (unpaired) electrons. The lowest BCUT2D eigenvalue weighted by molar-refractivity contribution is -0.384. The van der Waals surface area contributed by atoms with E-state index in [1.165, 1.54) is 25.3 Å². The SMILES string of the molecule is C=CCOC12Oc3ccc(Oc4ccc(OC)c(C=O)c4)cc3C3C(CCCCO)C(CCCCO)C=C(C(=NOC4CCCCO4)CC1N(CCOCCO)C(=O)C=Cc1ccc([N+](=O)[O-])cc1)C32. The van der Waals surface area contributed by atoms with Crippen molar-refractivity contribution in [1.82, 2.24) is 4.90 Å². The van der Waals surface area contributed by atoms with Crippen molar-refractivity contribution in [3.63, 3.8) is 0 Å². The molecule has 2 aliphatic carbocycles. The molecule has 4 aliphatic rings. The first-order chi connectivity index (χ1) is 34.2. The van der Waals surface area contributed by atoms with Crippen LogP contribution in [0.5, 0.6) is 23.0 Å². The molecule has 0 bridgehead atoms. The van der Waals surface area contributed by atoms with Crippen molar-refractivity contribution in [1.29, 1.82) is 0 Å². The van der Waals surface area contributed by atoms with Gasteiger partial charge in [0.05, 0.1) is 62.3 Å². The van der Waals surface area contributed by atoms with E-state index >= 15 is 0 Å². The number of allylic oxidation sites excluding steroid dienone is 1. The summed E-state index contributed by atoms with van der Waals surface area (Å²) in [6.45, 7) is 4.57. The van der Waals surface area contributed by atoms with Gasteiger partial charge in [0.15, 0.2) is 6.29 Å². The van der Waals surface area contributed by atoms with Gasteiger partial charge in [-0.05, 0) is 116 Å². The summed E-state index contributed by atoms with van der Waals surface area (Å²) in [6.07, 6.45) is 13.7. The Morgan fingerprint density at radius 2 is 1.76 bits per heavy atom. The average Bonchev–Trinajstić information content (AvgIpc) is 3.38. The van der Waals surface area contributed by atoms with Crippen LogP contribution >= 0.6 is 0 Å². The molecule has 0 spiro atoms. The Morgan fingerprint density at radius 1 is 0.986 bits per heavy atom. The fourth-order valence-electron chi connectivity index (χ4n) is 10.4. The summed E-state index contributed by atoms with van der Waals surface area (Å²) in [4.78, 5) is 45.8. The molecule has 1 amide bonds. The highest BCUT2D eigenvalue weighted by Crippen LogP contribution is 2.62. The fourth-order valence-corrected chi connectivity index (χ4v) is 10.4. The van der Waals surface area contributed by atoms with Crippen molar-refractivity contribution in [2.24, 2.45) is 22.9 Å². The minimum atomic E-state index is -1.59. The van der Waals surface area contributed by atoms with Gasteiger partial charge in [-0.1, -0.05) is 30.1 Å². The standard InChI is InChI=1S/C53H65N3O14/c1-3-27-67-53-48(55(23-29-65-30-26-59)49(61)22-15-36-13-16-39(17-14-36)56(62)63)34-45(54-70-50-12-6-9-28-66-50)43-32-37(10-4-7-24-57)42(11-5-8-25-58)51(52(43)53)44-33-41(19-21-47(44)69-53)68-40-18-20-46(64-2)38(31-40)35-60/h3,13-22,31-33,35,37,42,48,50-52,57-59H,1,4-12,23-30,34H2,2H3. The van der Waals surface area contributed by atoms with Gasteiger partial charge in [0.25, 0.3) is 5.69 Å². The predicted molar refractivity (Wildman–Crippen MR) is 260 cm³/mol. The van der Waals surface area contributed by atoms with E-state index in [-0.39, 0.29) is 76.0 Å². The van der Waals surface area contributed by atoms with E-state index in [1.54, 1.807) is 53.5 Å². The van der Waals surface area contributed by atoms with Gasteiger partial charge < -0.3 is 53.5 Å². The number of hydrogen-bond donors (Lipinski definition) is 3. The number of aliphatic hydroxyl groups excluding tert-OH is 3. The van der Waals surface area contributed by atoms with Crippen molar-refractivity contribution in [3.05, 3.63) is 118 Å². The molecule has 2 fully saturated rings. The molecule has 7 atom stereocenters. The molecule has 3 aromatic carbocycles. The minimum absolute atomic E-state index is 0.0219. The van der Waals surface area contributed by atoms with E-state index in [0.717, 1.165) is 36.8 Å². The van der Waals surface area contributed by atoms with Crippen molar-refractivity contribution < 1.29 is 63.1 Å². The number of rotatable bonds is 26. The number of methoxy groups -OCH3 is 1. The Balaban J connectivity index is 1.43. The highest BCUT2D eigenvalue weighted by Gasteiger charge is 2.65. The zero-order valence-electron chi connectivity index (χ0n) is 39.7. The summed E-state index contributed by atoms with van der Waals surface area (Å²) >= 11 is 0. The van der Waals surface area contributed by atoms with E-state index in [1.807, 2.05) is 12.1 Å². The third-order valence-electron chi connectivity index (χ3n) is 13.5. The fraction of sp³-hybridized carbons (Fsp3) is 0.491. The predicted octanol–water partition coefficient (Wildman–Crippen LogP) is 7.92. The lowest BCUT2D eigenvalue weighted by atomic mass is 9.55. The number of nitro groups is 1. The number of amides is 1. The van der Waals surface area contributed by atoms with Crippen LogP contribution in [0, 0.1) is 27.9 Å². The number of fused-ring (bicyclic) bond motifs is 2. The third kappa shape index (κ3) is 12.1. The van der Waals surface area contributed by atoms with Gasteiger partial charge in [0.1, 0.15) is 29.0 Å². The van der Waals surface area contributed by atoms with Crippen molar-refractivity contribution in [2.45, 2.75) is 88.2 Å². The Bertz CT molecular complexity index is 2350. The van der Waals surface area contributed by atoms with Crippen LogP contribution < -0.4 is 14.2 Å². The molecule has 70 heavy (non-hydrogen) atoms. The second kappa shape index (κ2) is 25.3. The number of nitrogens with zero attached hydrogens (tertiary/aromatic N) is 3. The summed E-state index contributed by atoms with van der Waals surface area (Å²) in [5.74, 6) is -1.31. The van der Waals surface area contributed by atoms with Crippen LogP contribution in [0.1, 0.15) is 91.6 Å². The molecule has 3 N–H and O–H groups in total. The van der Waals surface area contributed by atoms with Gasteiger partial charge in [0, 0.05) is 62.3 Å². The highest BCUT2D eigenvalue weighted by molar-refractivity contribution is 6.03. The number of carbonyl (C=O) groups is 2. The number of nitro benzene ring substituents is 1. The van der Waals surface area contributed by atoms with E-state index in [0.29, 0.717) is 84.8 Å². The molecule has 17 nitrogen and oxygen atoms in total. The monoisotopic (exact) mass is 967 g/mol. The number of carbonyl (C=O) groups excluding carboxylic acids is 2. The molecular weight excluding hydrogens is 903 g/mol. The number of benzene rings is 3. The van der Waals surface area contributed by atoms with Crippen molar-refractivity contribution >= 4 is 29.7 Å². The maximum absolute atomic E-state index is 15.0. The van der Waals surface area contributed by atoms with E-state index < -0.39 is 34.9 Å². The molecule has 1 saturated carbocycles. The quantitative estimate of drug-likeness (QED) is 0.0174. The average molecular weight is 968 g/mol. The zero-order valence-corrected chi connectivity index (χ0v) is 39.7. The van der Waals surface area contributed by atoms with Crippen LogP contribution in [0.4, 0.5) is 5.69 Å². The smallest absolute Gasteiger partial charge is 0.269 e. The van der Waals surface area contributed by atoms with Crippen LogP contribution in [0.3, 0.4) is 0 Å². The summed E-state index contributed by atoms with van der Waals surface area (Å²) < 4.78 is 38.1. The molecule has 1 saturated heterocycles. The minimum Gasteiger partial charge on any atom is -0.496 e. The summed E-state index contributed by atoms with van der Waals surface area (Å²) in [5.41, 5.74) is 3.05. The molecule has 2 heterocycles. The van der Waals surface area contributed by atoms with Crippen molar-refractivity contribution in [3.8, 4) is 23.0 Å². The van der Waals surface area contributed by atoms with E-state index in [2.05, 4.69) is 12.7 Å². The summed E-state index contributed by atoms with van der Waals surface area (Å²) in [5, 5.41) is 46.0. The molecule has 17 heteroatoms. The Morgan fingerprint density at radius 3 is 2.46 bits per heavy atom. The van der Waals surface area contributed by atoms with Crippen LogP contribution in [0.15, 0.2) is 96.2 Å². The summed E-state index contributed by atoms with van der Waals surface area (Å²) in [6, 6.07) is 15.6. The van der Waals surface area contributed by atoms with Gasteiger partial charge in [-0.3, -0.25) is 19.7 Å². The van der Waals surface area contributed by atoms with E-state index in [4.69, 9.17) is 38.4 Å². The van der Waals surface area contributed by atoms with Gasteiger partial charge in [-0.25, -0.2) is 0 Å². The number of aliphatic hydroxyl groups is 3. The molecule has 0 aromatic heterocycles. The highest BCUT2D eigenvalue weighted by atomic mass is 16.8. The first-order valence-electron chi connectivity index (χ1n) is 24.3. The lowest BCUT2D eigenvalue weighted by Gasteiger charge is -2.60. The first kappa shape index (κ1) is 51.9. The largest absolute Gasteiger partial charge is 0.496 e. The molecule has 7 unspecified atom stereocenters. The maximum Gasteiger partial charge on any atom is 0.269 e. The van der Waals surface area contributed by atoms with Gasteiger partial charge in [0.2, 0.25) is 18.0 Å². The van der Waals surface area contributed by atoms with Gasteiger partial charge >= 0.3 is 0 Å². The number of unbranched alkanes of at least 4 members (excludes halogenated alkanes) is 2. The topological polar surface area (TPSA) is 218 Å². The summed E-state index contributed by atoms with van der Waals surface area (Å²) in [7, 11) is 1.49. The lowest BCUT2D eigenvalue weighted by Crippen LogP contribution is -2.70. The third-order valence-corrected chi connectivity index (χ3v) is 13.5. The molecule has 2 aliphatic heterocycles. The second-order valence-corrected chi connectivity index (χ2v) is 17.8. The molecule has 3 aromatic rings. The van der Waals surface area contributed by atoms with E-state index in [9.17, 15) is 35.0 Å². The maximum atomic E-state index is 15.0. The van der Waals surface area contributed by atoms with Crippen LogP contribution in [0.2, 0.25) is 0 Å². The number of hydrogen-bond acceptors (Lipinski definition) is 15.